The number of carbonyl (C=O) groups is 2. The van der Waals surface area contributed by atoms with E-state index in [9.17, 15) is 23.3 Å². The third-order valence-corrected chi connectivity index (χ3v) is 7.73. The molecule has 2 N–H and O–H groups in total. The molecular weight excluding hydrogens is 554 g/mol. The first-order valence-corrected chi connectivity index (χ1v) is 14.3. The molecule has 0 saturated carbocycles. The molecule has 9 nitrogen and oxygen atoms in total. The Labute approximate surface area is 244 Å². The van der Waals surface area contributed by atoms with Crippen LogP contribution in [0.3, 0.4) is 0 Å². The lowest BCUT2D eigenvalue weighted by Crippen LogP contribution is -2.40. The Morgan fingerprint density at radius 3 is 2.21 bits per heavy atom. The minimum absolute atomic E-state index is 0.124. The number of amides is 1. The third kappa shape index (κ3) is 7.20. The fourth-order valence-corrected chi connectivity index (χ4v) is 5.76. The van der Waals surface area contributed by atoms with Crippen LogP contribution >= 0.6 is 0 Å². The van der Waals surface area contributed by atoms with Crippen molar-refractivity contribution in [1.29, 1.82) is 5.26 Å². The van der Waals surface area contributed by atoms with Gasteiger partial charge in [-0.1, -0.05) is 36.4 Å². The molecule has 0 radical (unpaired) electrons. The number of rotatable bonds is 8. The van der Waals surface area contributed by atoms with Crippen molar-refractivity contribution in [1.82, 2.24) is 4.72 Å². The number of esters is 1. The largest absolute Gasteiger partial charge is 0.465 e. The van der Waals surface area contributed by atoms with Crippen LogP contribution in [0.25, 0.3) is 11.1 Å². The molecular formula is C32H29N3O6S. The van der Waals surface area contributed by atoms with E-state index in [-0.39, 0.29) is 27.5 Å². The number of anilines is 1. The van der Waals surface area contributed by atoms with Crippen molar-refractivity contribution in [2.45, 2.75) is 31.2 Å². The number of nitrogens with zero attached hydrogens (tertiary/aromatic N) is 1. The third-order valence-electron chi connectivity index (χ3n) is 5.92. The van der Waals surface area contributed by atoms with E-state index < -0.39 is 27.4 Å². The fourth-order valence-electron chi connectivity index (χ4n) is 4.11. The average Bonchev–Trinajstić information content (AvgIpc) is 2.96. The lowest BCUT2D eigenvalue weighted by Gasteiger charge is -2.21. The minimum atomic E-state index is -3.81. The summed E-state index contributed by atoms with van der Waals surface area (Å²) < 4.78 is 39.6. The molecule has 0 aliphatic carbocycles. The van der Waals surface area contributed by atoms with Crippen LogP contribution in [0, 0.1) is 11.3 Å². The molecule has 214 valence electrons. The van der Waals surface area contributed by atoms with E-state index in [2.05, 4.69) is 10.0 Å². The second-order valence-electron chi connectivity index (χ2n) is 10.3. The van der Waals surface area contributed by atoms with Crippen molar-refractivity contribution >= 4 is 27.6 Å². The number of nitriles is 1. The summed E-state index contributed by atoms with van der Waals surface area (Å²) in [6.45, 7) is 5.30. The van der Waals surface area contributed by atoms with Gasteiger partial charge < -0.3 is 14.8 Å². The van der Waals surface area contributed by atoms with Crippen LogP contribution in [0.1, 0.15) is 47.1 Å². The Morgan fingerprint density at radius 1 is 0.857 bits per heavy atom. The van der Waals surface area contributed by atoms with E-state index in [1.54, 1.807) is 87.5 Å². The number of ether oxygens (including phenoxy) is 2. The summed E-state index contributed by atoms with van der Waals surface area (Å²) in [5.74, 6) is -0.473. The van der Waals surface area contributed by atoms with Gasteiger partial charge in [-0.25, -0.2) is 17.9 Å². The monoisotopic (exact) mass is 583 g/mol. The normalized spacial score (nSPS) is 11.3. The number of benzene rings is 4. The molecule has 0 unspecified atom stereocenters. The molecule has 42 heavy (non-hydrogen) atoms. The van der Waals surface area contributed by atoms with E-state index >= 15 is 0 Å². The maximum absolute atomic E-state index is 13.3. The summed E-state index contributed by atoms with van der Waals surface area (Å²) >= 11 is 0. The summed E-state index contributed by atoms with van der Waals surface area (Å²) in [7, 11) is -2.56. The number of hydrogen-bond donors (Lipinski definition) is 2. The average molecular weight is 584 g/mol. The molecule has 0 aliphatic rings. The Hall–Kier alpha value is -4.98. The van der Waals surface area contributed by atoms with Gasteiger partial charge in [0.2, 0.25) is 10.0 Å². The van der Waals surface area contributed by atoms with Crippen molar-refractivity contribution in [3.63, 3.8) is 0 Å². The van der Waals surface area contributed by atoms with E-state index in [4.69, 9.17) is 9.47 Å². The van der Waals surface area contributed by atoms with Crippen molar-refractivity contribution in [2.24, 2.45) is 0 Å². The topological polar surface area (TPSA) is 135 Å². The number of nitrogens with one attached hydrogen (secondary N) is 2. The van der Waals surface area contributed by atoms with E-state index in [0.29, 0.717) is 22.4 Å². The lowest BCUT2D eigenvalue weighted by molar-refractivity contribution is 0.0600. The molecule has 0 heterocycles. The van der Waals surface area contributed by atoms with Crippen molar-refractivity contribution in [2.75, 3.05) is 12.4 Å². The van der Waals surface area contributed by atoms with E-state index in [1.165, 1.54) is 31.4 Å². The van der Waals surface area contributed by atoms with Gasteiger partial charge in [-0.2, -0.15) is 5.26 Å². The molecule has 0 bridgehead atoms. The van der Waals surface area contributed by atoms with Gasteiger partial charge in [0.1, 0.15) is 5.75 Å². The molecule has 4 aromatic rings. The van der Waals surface area contributed by atoms with Crippen molar-refractivity contribution in [3.8, 4) is 28.7 Å². The van der Waals surface area contributed by atoms with Crippen molar-refractivity contribution in [3.05, 3.63) is 108 Å². The van der Waals surface area contributed by atoms with E-state index in [0.717, 1.165) is 0 Å². The van der Waals surface area contributed by atoms with Gasteiger partial charge in [0.05, 0.1) is 34.9 Å². The zero-order valence-corrected chi connectivity index (χ0v) is 24.3. The van der Waals surface area contributed by atoms with Crippen LogP contribution in [0.5, 0.6) is 11.5 Å². The number of methoxy groups -OCH3 is 1. The summed E-state index contributed by atoms with van der Waals surface area (Å²) in [6.07, 6.45) is 0. The molecule has 4 aromatic carbocycles. The highest BCUT2D eigenvalue weighted by atomic mass is 32.2. The maximum Gasteiger partial charge on any atom is 0.337 e. The fraction of sp³-hybridized carbons (Fsp3) is 0.156. The van der Waals surface area contributed by atoms with Gasteiger partial charge in [-0.3, -0.25) is 4.79 Å². The summed E-state index contributed by atoms with van der Waals surface area (Å²) in [5.41, 5.74) is 1.51. The first-order valence-electron chi connectivity index (χ1n) is 12.9. The molecule has 4 rings (SSSR count). The molecule has 0 spiro atoms. The van der Waals surface area contributed by atoms with Crippen LogP contribution in [-0.2, 0) is 14.8 Å². The summed E-state index contributed by atoms with van der Waals surface area (Å²) in [5, 5.41) is 12.0. The zero-order valence-electron chi connectivity index (χ0n) is 23.5. The lowest BCUT2D eigenvalue weighted by atomic mass is 10.0. The van der Waals surface area contributed by atoms with Crippen LogP contribution in [0.2, 0.25) is 0 Å². The molecule has 0 atom stereocenters. The quantitative estimate of drug-likeness (QED) is 0.238. The molecule has 0 fully saturated rings. The molecule has 0 aliphatic heterocycles. The summed E-state index contributed by atoms with van der Waals surface area (Å²) in [4.78, 5) is 25.6. The highest BCUT2D eigenvalue weighted by molar-refractivity contribution is 7.89. The van der Waals surface area contributed by atoms with Crippen LogP contribution in [0.15, 0.2) is 95.9 Å². The number of carbonyl (C=O) groups excluding carboxylic acids is 2. The van der Waals surface area contributed by atoms with Gasteiger partial charge in [0, 0.05) is 16.7 Å². The van der Waals surface area contributed by atoms with E-state index in [1.807, 2.05) is 6.07 Å². The van der Waals surface area contributed by atoms with Crippen molar-refractivity contribution < 1.29 is 27.5 Å². The standard InChI is InChI=1S/C32H29N3O6S/c1-32(2,3)35-42(38,39)29-11-6-5-10-26(29)22-12-14-23(15-13-22)30(36)34-27-19-24(31(37)40-4)16-17-28(27)41-25-9-7-8-21(18-25)20-33/h5-19,35H,1-4H3,(H,34,36). The minimum Gasteiger partial charge on any atom is -0.465 e. The first-order chi connectivity index (χ1) is 19.9. The van der Waals surface area contributed by atoms with Gasteiger partial charge >= 0.3 is 5.97 Å². The second kappa shape index (κ2) is 12.3. The zero-order chi connectivity index (χ0) is 30.5. The van der Waals surface area contributed by atoms with Gasteiger partial charge in [0.25, 0.3) is 5.91 Å². The molecule has 0 aromatic heterocycles. The predicted molar refractivity (Wildman–Crippen MR) is 159 cm³/mol. The molecule has 10 heteroatoms. The summed E-state index contributed by atoms with van der Waals surface area (Å²) in [6, 6.07) is 26.1. The second-order valence-corrected chi connectivity index (χ2v) is 12.0. The Bertz CT molecular complexity index is 1790. The number of hydrogen-bond acceptors (Lipinski definition) is 7. The van der Waals surface area contributed by atoms with Crippen LogP contribution < -0.4 is 14.8 Å². The Kier molecular flexibility index (Phi) is 8.76. The Balaban J connectivity index is 1.63. The van der Waals surface area contributed by atoms with Crippen LogP contribution in [-0.4, -0.2) is 32.9 Å². The van der Waals surface area contributed by atoms with Gasteiger partial charge in [0.15, 0.2) is 5.75 Å². The Morgan fingerprint density at radius 2 is 1.55 bits per heavy atom. The maximum atomic E-state index is 13.3. The number of sulfonamides is 1. The smallest absolute Gasteiger partial charge is 0.337 e. The molecule has 0 saturated heterocycles. The first kappa shape index (κ1) is 30.0. The highest BCUT2D eigenvalue weighted by Gasteiger charge is 2.25. The molecule has 1 amide bonds. The van der Waals surface area contributed by atoms with Gasteiger partial charge in [-0.05, 0) is 80.9 Å². The highest BCUT2D eigenvalue weighted by Crippen LogP contribution is 2.32. The SMILES string of the molecule is COC(=O)c1ccc(Oc2cccc(C#N)c2)c(NC(=O)c2ccc(-c3ccccc3S(=O)(=O)NC(C)(C)C)cc2)c1. The predicted octanol–water partition coefficient (Wildman–Crippen LogP) is 6.13. The van der Waals surface area contributed by atoms with Gasteiger partial charge in [-0.15, -0.1) is 0 Å². The van der Waals surface area contributed by atoms with Crippen LogP contribution in [0.4, 0.5) is 5.69 Å².